The predicted molar refractivity (Wildman–Crippen MR) is 130 cm³/mol. The molecule has 2 aliphatic rings. The van der Waals surface area contributed by atoms with Gasteiger partial charge in [-0.15, -0.1) is 5.10 Å². The molecule has 3 aromatic heterocycles. The zero-order valence-electron chi connectivity index (χ0n) is 20.0. The molecule has 0 spiro atoms. The number of rotatable bonds is 7. The molecular weight excluding hydrogens is 488 g/mol. The highest BCUT2D eigenvalue weighted by Gasteiger charge is 2.27. The minimum Gasteiger partial charge on any atom is -0.771 e. The van der Waals surface area contributed by atoms with Gasteiger partial charge in [0.2, 0.25) is 5.95 Å². The number of likely N-dealkylation sites (tertiary alicyclic amines) is 2. The average molecular weight is 518 g/mol. The van der Waals surface area contributed by atoms with Crippen LogP contribution >= 0.6 is 0 Å². The quantitative estimate of drug-likeness (QED) is 0.440. The highest BCUT2D eigenvalue weighted by molar-refractivity contribution is 7.79. The first kappa shape index (κ1) is 24.5. The number of carbonyl (C=O) groups is 1. The maximum absolute atomic E-state index is 11.8. The van der Waals surface area contributed by atoms with E-state index >= 15 is 0 Å². The molecule has 2 saturated heterocycles. The zero-order valence-corrected chi connectivity index (χ0v) is 20.8. The highest BCUT2D eigenvalue weighted by atomic mass is 32.2. The first-order valence-corrected chi connectivity index (χ1v) is 13.2. The highest BCUT2D eigenvalue weighted by Crippen LogP contribution is 2.35. The van der Waals surface area contributed by atoms with Crippen LogP contribution in [0.15, 0.2) is 24.7 Å². The second-order valence-corrected chi connectivity index (χ2v) is 9.86. The number of amides is 1. The number of ether oxygens (including phenoxy) is 2. The minimum atomic E-state index is -2.07. The summed E-state index contributed by atoms with van der Waals surface area (Å²) in [5, 5.41) is 14.9. The smallest absolute Gasteiger partial charge is 0.409 e. The summed E-state index contributed by atoms with van der Waals surface area (Å²) < 4.78 is 35.0. The van der Waals surface area contributed by atoms with Crippen LogP contribution in [0, 0.1) is 0 Å². The van der Waals surface area contributed by atoms with Gasteiger partial charge in [0.25, 0.3) is 0 Å². The van der Waals surface area contributed by atoms with E-state index in [2.05, 4.69) is 20.6 Å². The number of carbonyl (C=O) groups excluding carboxylic acids is 1. The number of methoxy groups -OCH3 is 1. The first-order valence-electron chi connectivity index (χ1n) is 11.9. The molecule has 0 radical (unpaired) electrons. The van der Waals surface area contributed by atoms with Crippen LogP contribution in [0.1, 0.15) is 25.7 Å². The normalized spacial score (nSPS) is 18.9. The fraction of sp³-hybridized carbons (Fsp3) is 0.545. The van der Waals surface area contributed by atoms with Gasteiger partial charge >= 0.3 is 6.09 Å². The summed E-state index contributed by atoms with van der Waals surface area (Å²) in [5.41, 5.74) is 2.32. The van der Waals surface area contributed by atoms with Gasteiger partial charge in [-0.05, 0) is 30.0 Å². The molecule has 3 aromatic rings. The minimum absolute atomic E-state index is 0.0649. The average Bonchev–Trinajstić information content (AvgIpc) is 3.55. The summed E-state index contributed by atoms with van der Waals surface area (Å²) >= 11 is -2.07. The van der Waals surface area contributed by atoms with E-state index in [0.717, 1.165) is 24.0 Å². The Kier molecular flexibility index (Phi) is 7.34. The van der Waals surface area contributed by atoms with Crippen LogP contribution in [0.4, 0.5) is 10.7 Å². The van der Waals surface area contributed by atoms with E-state index in [-0.39, 0.29) is 24.1 Å². The molecule has 0 aliphatic carbocycles. The van der Waals surface area contributed by atoms with Crippen molar-refractivity contribution in [3.63, 3.8) is 0 Å². The Morgan fingerprint density at radius 3 is 2.69 bits per heavy atom. The van der Waals surface area contributed by atoms with Crippen molar-refractivity contribution >= 4 is 28.8 Å². The molecule has 2 N–H and O–H groups in total. The van der Waals surface area contributed by atoms with Crippen molar-refractivity contribution in [2.45, 2.75) is 37.8 Å². The second kappa shape index (κ2) is 10.8. The Bertz CT molecular complexity index is 1200. The summed E-state index contributed by atoms with van der Waals surface area (Å²) in [5.74, 6) is 1.18. The number of nitrogens with one attached hydrogen (secondary N) is 2. The third-order valence-electron chi connectivity index (χ3n) is 6.64. The van der Waals surface area contributed by atoms with Crippen LogP contribution in [0.2, 0.25) is 0 Å². The monoisotopic (exact) mass is 517 g/mol. The Hall–Kier alpha value is -3.23. The summed E-state index contributed by atoms with van der Waals surface area (Å²) in [7, 11) is 1.39. The molecule has 2 aliphatic heterocycles. The van der Waals surface area contributed by atoms with Gasteiger partial charge in [-0.3, -0.25) is 14.2 Å². The van der Waals surface area contributed by atoms with Gasteiger partial charge in [0.05, 0.1) is 19.2 Å². The molecule has 1 amide bonds. The SMILES string of the molecule is COC(=O)N1CCC(Oc2c(-c3cn[nH]c3)ccn3nc(NC4CCN(CS(=O)[O-])CC4)nc23)CC1. The van der Waals surface area contributed by atoms with Crippen molar-refractivity contribution in [3.8, 4) is 16.9 Å². The number of nitrogens with zero attached hydrogens (tertiary/aromatic N) is 6. The number of hydrogen-bond donors (Lipinski definition) is 2. The molecule has 14 heteroatoms. The fourth-order valence-electron chi connectivity index (χ4n) is 4.72. The molecule has 1 atom stereocenters. The third kappa shape index (κ3) is 5.44. The number of H-pyrrole nitrogens is 1. The third-order valence-corrected chi connectivity index (χ3v) is 7.21. The number of aromatic amines is 1. The van der Waals surface area contributed by atoms with Crippen LogP contribution in [0.25, 0.3) is 16.8 Å². The first-order chi connectivity index (χ1) is 17.5. The maximum Gasteiger partial charge on any atom is 0.409 e. The van der Waals surface area contributed by atoms with Gasteiger partial charge in [-0.25, -0.2) is 9.31 Å². The molecule has 194 valence electrons. The second-order valence-electron chi connectivity index (χ2n) is 8.99. The van der Waals surface area contributed by atoms with Crippen LogP contribution < -0.4 is 10.1 Å². The lowest BCUT2D eigenvalue weighted by Crippen LogP contribution is -2.41. The maximum atomic E-state index is 11.8. The van der Waals surface area contributed by atoms with Crippen molar-refractivity contribution in [3.05, 3.63) is 24.7 Å². The molecule has 0 aromatic carbocycles. The molecule has 2 fully saturated rings. The van der Waals surface area contributed by atoms with E-state index in [0.29, 0.717) is 56.4 Å². The van der Waals surface area contributed by atoms with Gasteiger partial charge in [0, 0.05) is 68.6 Å². The summed E-state index contributed by atoms with van der Waals surface area (Å²) in [6.45, 7) is 2.50. The summed E-state index contributed by atoms with van der Waals surface area (Å²) in [4.78, 5) is 20.2. The van der Waals surface area contributed by atoms with Crippen molar-refractivity contribution < 1.29 is 23.0 Å². The molecule has 13 nitrogen and oxygen atoms in total. The van der Waals surface area contributed by atoms with Crippen LogP contribution in [-0.4, -0.2) is 101 Å². The van der Waals surface area contributed by atoms with Crippen LogP contribution in [0.3, 0.4) is 0 Å². The molecule has 0 saturated carbocycles. The van der Waals surface area contributed by atoms with E-state index in [1.807, 2.05) is 17.2 Å². The fourth-order valence-corrected chi connectivity index (χ4v) is 5.27. The molecule has 5 heterocycles. The molecule has 5 rings (SSSR count). The van der Waals surface area contributed by atoms with E-state index in [1.54, 1.807) is 21.8 Å². The van der Waals surface area contributed by atoms with Gasteiger partial charge in [-0.2, -0.15) is 10.1 Å². The number of hydrogen-bond acceptors (Lipinski definition) is 10. The van der Waals surface area contributed by atoms with Crippen molar-refractivity contribution in [1.29, 1.82) is 0 Å². The van der Waals surface area contributed by atoms with Crippen molar-refractivity contribution in [2.75, 3.05) is 44.5 Å². The Morgan fingerprint density at radius 2 is 2.03 bits per heavy atom. The number of aromatic nitrogens is 5. The Balaban J connectivity index is 1.34. The molecule has 0 bridgehead atoms. The lowest BCUT2D eigenvalue weighted by atomic mass is 10.1. The standard InChI is InChI=1S/C22H30N8O5S/c1-34-22(31)29-9-4-17(5-10-29)35-19-18(15-12-23-24-13-15)6-11-30-20(19)26-21(27-30)25-16-2-7-28(8-3-16)14-36(32)33/h6,11-13,16-17H,2-5,7-10,14H2,1H3,(H,23,24)(H,25,27)(H,32,33)/p-1. The van der Waals surface area contributed by atoms with E-state index in [1.165, 1.54) is 7.11 Å². The van der Waals surface area contributed by atoms with Crippen LogP contribution in [0.5, 0.6) is 5.75 Å². The van der Waals surface area contributed by atoms with Crippen molar-refractivity contribution in [2.24, 2.45) is 0 Å². The van der Waals surface area contributed by atoms with E-state index < -0.39 is 11.1 Å². The van der Waals surface area contributed by atoms with Crippen LogP contribution in [-0.2, 0) is 15.8 Å². The molecular formula is C22H29N8O5S-. The molecule has 1 unspecified atom stereocenters. The largest absolute Gasteiger partial charge is 0.771 e. The van der Waals surface area contributed by atoms with E-state index in [9.17, 15) is 13.6 Å². The topological polar surface area (TPSA) is 153 Å². The summed E-state index contributed by atoms with van der Waals surface area (Å²) in [6, 6.07) is 2.08. The number of pyridine rings is 1. The van der Waals surface area contributed by atoms with Crippen molar-refractivity contribution in [1.82, 2.24) is 34.6 Å². The molecule has 36 heavy (non-hydrogen) atoms. The Labute approximate surface area is 210 Å². The number of anilines is 1. The van der Waals surface area contributed by atoms with Gasteiger partial charge in [-0.1, -0.05) is 0 Å². The Morgan fingerprint density at radius 1 is 1.25 bits per heavy atom. The zero-order chi connectivity index (χ0) is 25.1. The number of piperidine rings is 2. The van der Waals surface area contributed by atoms with E-state index in [4.69, 9.17) is 14.5 Å². The lowest BCUT2D eigenvalue weighted by Gasteiger charge is -2.32. The van der Waals surface area contributed by atoms with Gasteiger partial charge < -0.3 is 24.2 Å². The predicted octanol–water partition coefficient (Wildman–Crippen LogP) is 1.44. The summed E-state index contributed by atoms with van der Waals surface area (Å²) in [6.07, 6.45) is 7.91. The van der Waals surface area contributed by atoms with Gasteiger partial charge in [0.15, 0.2) is 11.4 Å². The lowest BCUT2D eigenvalue weighted by molar-refractivity contribution is 0.0796. The number of fused-ring (bicyclic) bond motifs is 1. The van der Waals surface area contributed by atoms with Gasteiger partial charge in [0.1, 0.15) is 6.10 Å².